The van der Waals surface area contributed by atoms with Crippen LogP contribution in [0.2, 0.25) is 13.1 Å². The maximum atomic E-state index is 2.45. The zero-order chi connectivity index (χ0) is 30.5. The summed E-state index contributed by atoms with van der Waals surface area (Å²) in [4.78, 5) is 0. The van der Waals surface area contributed by atoms with Crippen molar-refractivity contribution < 1.29 is 26.2 Å². The van der Waals surface area contributed by atoms with Crippen LogP contribution in [-0.4, -0.2) is 17.6 Å². The van der Waals surface area contributed by atoms with Gasteiger partial charge in [-0.05, 0) is 0 Å². The van der Waals surface area contributed by atoms with Gasteiger partial charge in [0.05, 0.1) is 0 Å². The van der Waals surface area contributed by atoms with Crippen LogP contribution in [-0.2, 0) is 26.2 Å². The van der Waals surface area contributed by atoms with E-state index in [0.717, 1.165) is 0 Å². The molecule has 8 rings (SSSR count). The standard InChI is InChI=1S/2C21H19Si.Zr/c2*1-14-12-16-8-4-6-10-18(16)20(14)22(3)21-15(2)13-17-9-5-7-11-19(17)21;/h2*4-13H,1-3H3;/q2*-2;+4. The molecule has 0 fully saturated rings. The van der Waals surface area contributed by atoms with Crippen LogP contribution in [0.5, 0.6) is 0 Å². The molecule has 0 heterocycles. The Morgan fingerprint density at radius 2 is 0.556 bits per heavy atom. The molecule has 0 aliphatic carbocycles. The molecule has 218 valence electrons. The summed E-state index contributed by atoms with van der Waals surface area (Å²) in [6, 6.07) is 44.6. The van der Waals surface area contributed by atoms with Crippen molar-refractivity contribution in [2.75, 3.05) is 0 Å². The van der Waals surface area contributed by atoms with Crippen molar-refractivity contribution >= 4 is 81.4 Å². The van der Waals surface area contributed by atoms with E-state index in [1.54, 1.807) is 20.7 Å². The van der Waals surface area contributed by atoms with Crippen LogP contribution in [0.1, 0.15) is 22.3 Å². The fraction of sp³-hybridized carbons (Fsp3) is 0.143. The second-order valence-corrected chi connectivity index (χ2v) is 16.9. The summed E-state index contributed by atoms with van der Waals surface area (Å²) < 4.78 is 0. The van der Waals surface area contributed by atoms with Gasteiger partial charge in [-0.2, -0.15) is 24.3 Å². The largest absolute Gasteiger partial charge is 4.00 e. The Hall–Kier alpha value is -3.36. The van der Waals surface area contributed by atoms with E-state index in [-0.39, 0.29) is 26.2 Å². The summed E-state index contributed by atoms with van der Waals surface area (Å²) in [7, 11) is -1.54. The van der Waals surface area contributed by atoms with E-state index < -0.39 is 17.6 Å². The van der Waals surface area contributed by atoms with Crippen molar-refractivity contribution in [3.63, 3.8) is 0 Å². The Morgan fingerprint density at radius 3 is 0.778 bits per heavy atom. The predicted molar refractivity (Wildman–Crippen MR) is 199 cm³/mol. The van der Waals surface area contributed by atoms with Crippen LogP contribution in [0.25, 0.3) is 43.1 Å². The normalized spacial score (nSPS) is 11.6. The van der Waals surface area contributed by atoms with E-state index >= 15 is 0 Å². The van der Waals surface area contributed by atoms with Gasteiger partial charge in [-0.3, -0.25) is 0 Å². The Balaban J connectivity index is 0.000000155. The third-order valence-electron chi connectivity index (χ3n) is 9.49. The van der Waals surface area contributed by atoms with Gasteiger partial charge in [0.15, 0.2) is 0 Å². The maximum absolute atomic E-state index is 2.45. The van der Waals surface area contributed by atoms with Crippen molar-refractivity contribution in [1.29, 1.82) is 0 Å². The number of benzene rings is 4. The van der Waals surface area contributed by atoms with Crippen molar-refractivity contribution in [1.82, 2.24) is 0 Å². The van der Waals surface area contributed by atoms with Gasteiger partial charge in [0.1, 0.15) is 0 Å². The van der Waals surface area contributed by atoms with Crippen molar-refractivity contribution in [2.45, 2.75) is 40.8 Å². The van der Waals surface area contributed by atoms with Crippen LogP contribution in [0.4, 0.5) is 0 Å². The van der Waals surface area contributed by atoms with Crippen LogP contribution < -0.4 is 20.7 Å². The number of fused-ring (bicyclic) bond motifs is 4. The first-order valence-corrected chi connectivity index (χ1v) is 19.6. The molecule has 0 aromatic heterocycles. The number of hydrogen-bond acceptors (Lipinski definition) is 0. The van der Waals surface area contributed by atoms with Crippen LogP contribution >= 0.6 is 0 Å². The topological polar surface area (TPSA) is 0 Å². The molecular weight excluding hydrogens is 652 g/mol. The molecule has 0 unspecified atom stereocenters. The number of aryl methyl sites for hydroxylation is 4. The summed E-state index contributed by atoms with van der Waals surface area (Å²) in [6.45, 7) is 14.0. The molecular formula is C42H38Si2Zr. The molecule has 0 bridgehead atoms. The molecule has 8 aromatic carbocycles. The first-order chi connectivity index (χ1) is 21.3. The average molecular weight is 690 g/mol. The maximum Gasteiger partial charge on any atom is 4.00 e. The fourth-order valence-electron chi connectivity index (χ4n) is 7.71. The average Bonchev–Trinajstić information content (AvgIpc) is 3.74. The summed E-state index contributed by atoms with van der Waals surface area (Å²) in [5.41, 5.74) is 5.79. The van der Waals surface area contributed by atoms with Crippen LogP contribution in [0.3, 0.4) is 0 Å². The van der Waals surface area contributed by atoms with Crippen LogP contribution in [0, 0.1) is 27.7 Å². The van der Waals surface area contributed by atoms with Gasteiger partial charge in [-0.1, -0.05) is 65.1 Å². The molecule has 0 aliphatic rings. The van der Waals surface area contributed by atoms with Gasteiger partial charge in [0.25, 0.3) is 0 Å². The molecule has 0 atom stereocenters. The van der Waals surface area contributed by atoms with E-state index in [9.17, 15) is 0 Å². The molecule has 0 nitrogen and oxygen atoms in total. The minimum absolute atomic E-state index is 0. The fourth-order valence-corrected chi connectivity index (χ4v) is 13.4. The third-order valence-corrected chi connectivity index (χ3v) is 15.1. The number of rotatable bonds is 4. The van der Waals surface area contributed by atoms with Crippen LogP contribution in [0.15, 0.2) is 121 Å². The SMILES string of the molecule is Cc1cc2ccccc2[c-]1[Si](C)[c-]1c(C)cc2ccccc21.Cc1cc2ccccc2[c-]1[Si](C)[c-]1c(C)cc2ccccc21.[Zr+4]. The zero-order valence-electron chi connectivity index (χ0n) is 27.0. The first kappa shape index (κ1) is 31.6. The Bertz CT molecular complexity index is 1950. The Morgan fingerprint density at radius 1 is 0.356 bits per heavy atom. The first-order valence-electron chi connectivity index (χ1n) is 15.6. The molecule has 0 aliphatic heterocycles. The van der Waals surface area contributed by atoms with E-state index in [1.165, 1.54) is 65.3 Å². The van der Waals surface area contributed by atoms with E-state index in [4.69, 9.17) is 0 Å². The molecule has 0 spiro atoms. The van der Waals surface area contributed by atoms with E-state index in [2.05, 4.69) is 162 Å². The smallest absolute Gasteiger partial charge is 0.165 e. The molecule has 0 saturated carbocycles. The van der Waals surface area contributed by atoms with Gasteiger partial charge >= 0.3 is 26.2 Å². The molecule has 0 amide bonds. The number of hydrogen-bond donors (Lipinski definition) is 0. The minimum Gasteiger partial charge on any atom is -0.165 e. The summed E-state index contributed by atoms with van der Waals surface area (Å²) in [5, 5.41) is 17.6. The quantitative estimate of drug-likeness (QED) is 0.128. The van der Waals surface area contributed by atoms with Crippen molar-refractivity contribution in [2.24, 2.45) is 0 Å². The molecule has 8 aromatic rings. The molecule has 0 saturated heterocycles. The third kappa shape index (κ3) is 5.54. The zero-order valence-corrected chi connectivity index (χ0v) is 31.5. The summed E-state index contributed by atoms with van der Waals surface area (Å²) in [6.07, 6.45) is 0. The summed E-state index contributed by atoms with van der Waals surface area (Å²) >= 11 is 0. The van der Waals surface area contributed by atoms with E-state index in [1.807, 2.05) is 0 Å². The monoisotopic (exact) mass is 688 g/mol. The van der Waals surface area contributed by atoms with Gasteiger partial charge < -0.3 is 0 Å². The van der Waals surface area contributed by atoms with Gasteiger partial charge in [0, 0.05) is 17.6 Å². The predicted octanol–water partition coefficient (Wildman–Crippen LogP) is 8.57. The van der Waals surface area contributed by atoms with Crippen molar-refractivity contribution in [3.05, 3.63) is 144 Å². The Kier molecular flexibility index (Phi) is 8.99. The van der Waals surface area contributed by atoms with E-state index in [0.29, 0.717) is 0 Å². The summed E-state index contributed by atoms with van der Waals surface area (Å²) in [5.74, 6) is 0. The van der Waals surface area contributed by atoms with Crippen molar-refractivity contribution in [3.8, 4) is 0 Å². The molecule has 3 heteroatoms. The Labute approximate surface area is 290 Å². The minimum atomic E-state index is -0.769. The second-order valence-electron chi connectivity index (χ2n) is 12.4. The van der Waals surface area contributed by atoms with Gasteiger partial charge in [-0.25, -0.2) is 0 Å². The molecule has 2 radical (unpaired) electrons. The molecule has 45 heavy (non-hydrogen) atoms. The molecule has 0 N–H and O–H groups in total. The van der Waals surface area contributed by atoms with Gasteiger partial charge in [0.2, 0.25) is 0 Å². The van der Waals surface area contributed by atoms with Gasteiger partial charge in [-0.15, -0.1) is 159 Å². The second kappa shape index (κ2) is 12.8.